The van der Waals surface area contributed by atoms with Gasteiger partial charge < -0.3 is 14.8 Å². The average molecular weight is 276 g/mol. The number of carbonyl (C=O) groups is 4. The average Bonchev–Trinajstić information content (AvgIpc) is 2.72. The van der Waals surface area contributed by atoms with Crippen molar-refractivity contribution in [3.05, 3.63) is 35.9 Å². The molecule has 1 heterocycles. The van der Waals surface area contributed by atoms with Crippen LogP contribution in [0.3, 0.4) is 0 Å². The Morgan fingerprint density at radius 1 is 1.35 bits per heavy atom. The Morgan fingerprint density at radius 3 is 2.60 bits per heavy atom. The summed E-state index contributed by atoms with van der Waals surface area (Å²) in [5.74, 6) is -1.47. The minimum atomic E-state index is -1.87. The van der Waals surface area contributed by atoms with Gasteiger partial charge in [-0.05, 0) is 5.56 Å². The first-order valence-electron chi connectivity index (χ1n) is 5.85. The van der Waals surface area contributed by atoms with Crippen LogP contribution < -0.4 is 10.6 Å². The second-order valence-corrected chi connectivity index (χ2v) is 4.33. The summed E-state index contributed by atoms with van der Waals surface area (Å²) >= 11 is 0. The molecule has 2 rings (SSSR count). The van der Waals surface area contributed by atoms with Crippen LogP contribution in [0.25, 0.3) is 0 Å². The molecule has 1 aliphatic heterocycles. The standard InChI is InChI=1S/C13H12N2O5/c16-8-13(6-10(17)14-11(13)18)15-12(19)20-7-9-4-2-1-3-5-9/h1-5,8H,6-7H2,(H,15,19)(H,14,17,18). The van der Waals surface area contributed by atoms with Crippen LogP contribution in [-0.2, 0) is 25.7 Å². The number of nitrogens with one attached hydrogen (secondary N) is 2. The Labute approximate surface area is 114 Å². The number of aldehydes is 1. The van der Waals surface area contributed by atoms with Crippen LogP contribution in [-0.4, -0.2) is 29.7 Å². The number of hydrogen-bond acceptors (Lipinski definition) is 5. The van der Waals surface area contributed by atoms with E-state index >= 15 is 0 Å². The van der Waals surface area contributed by atoms with Crippen LogP contribution in [0.2, 0.25) is 0 Å². The normalized spacial score (nSPS) is 21.2. The van der Waals surface area contributed by atoms with E-state index < -0.39 is 29.9 Å². The van der Waals surface area contributed by atoms with E-state index in [9.17, 15) is 19.2 Å². The van der Waals surface area contributed by atoms with Crippen molar-refractivity contribution in [2.45, 2.75) is 18.6 Å². The van der Waals surface area contributed by atoms with E-state index in [0.29, 0.717) is 0 Å². The molecule has 1 unspecified atom stereocenters. The molecule has 1 fully saturated rings. The molecule has 7 heteroatoms. The molecule has 3 amide bonds. The van der Waals surface area contributed by atoms with E-state index in [4.69, 9.17) is 4.74 Å². The molecule has 7 nitrogen and oxygen atoms in total. The third-order valence-electron chi connectivity index (χ3n) is 2.84. The van der Waals surface area contributed by atoms with E-state index in [1.165, 1.54) is 0 Å². The van der Waals surface area contributed by atoms with Gasteiger partial charge in [0, 0.05) is 0 Å². The highest BCUT2D eigenvalue weighted by Gasteiger charge is 2.48. The Morgan fingerprint density at radius 2 is 2.05 bits per heavy atom. The monoisotopic (exact) mass is 276 g/mol. The molecule has 104 valence electrons. The van der Waals surface area contributed by atoms with Crippen molar-refractivity contribution in [3.8, 4) is 0 Å². The van der Waals surface area contributed by atoms with Crippen molar-refractivity contribution in [2.75, 3.05) is 0 Å². The van der Waals surface area contributed by atoms with Crippen molar-refractivity contribution >= 4 is 24.2 Å². The maximum absolute atomic E-state index is 11.6. The predicted octanol–water partition coefficient (Wildman–Crippen LogP) is -0.103. The summed E-state index contributed by atoms with van der Waals surface area (Å²) in [6, 6.07) is 8.90. The SMILES string of the molecule is O=CC1(NC(=O)OCc2ccccc2)CC(=O)NC1=O. The largest absolute Gasteiger partial charge is 0.445 e. The molecular weight excluding hydrogens is 264 g/mol. The van der Waals surface area contributed by atoms with Gasteiger partial charge >= 0.3 is 6.09 Å². The lowest BCUT2D eigenvalue weighted by atomic mass is 10.0. The van der Waals surface area contributed by atoms with Gasteiger partial charge in [0.2, 0.25) is 5.91 Å². The molecule has 0 aromatic heterocycles. The Hall–Kier alpha value is -2.70. The quantitative estimate of drug-likeness (QED) is 0.454. The molecule has 0 aliphatic carbocycles. The first kappa shape index (κ1) is 13.7. The fourth-order valence-corrected chi connectivity index (χ4v) is 1.78. The molecule has 1 aromatic carbocycles. The minimum Gasteiger partial charge on any atom is -0.445 e. The van der Waals surface area contributed by atoms with Crippen LogP contribution in [0.5, 0.6) is 0 Å². The number of carbonyl (C=O) groups excluding carboxylic acids is 4. The molecule has 0 saturated carbocycles. The summed E-state index contributed by atoms with van der Waals surface area (Å²) in [6.07, 6.45) is -1.13. The summed E-state index contributed by atoms with van der Waals surface area (Å²) in [5, 5.41) is 4.09. The zero-order chi connectivity index (χ0) is 14.6. The summed E-state index contributed by atoms with van der Waals surface area (Å²) in [4.78, 5) is 45.2. The number of hydrogen-bond donors (Lipinski definition) is 2. The zero-order valence-corrected chi connectivity index (χ0v) is 10.4. The maximum Gasteiger partial charge on any atom is 0.408 e. The van der Waals surface area contributed by atoms with Gasteiger partial charge in [0.15, 0.2) is 11.8 Å². The van der Waals surface area contributed by atoms with E-state index in [1.54, 1.807) is 24.3 Å². The van der Waals surface area contributed by atoms with E-state index in [-0.39, 0.29) is 12.9 Å². The van der Waals surface area contributed by atoms with E-state index in [1.807, 2.05) is 11.4 Å². The highest BCUT2D eigenvalue weighted by Crippen LogP contribution is 2.15. The van der Waals surface area contributed by atoms with Gasteiger partial charge in [-0.1, -0.05) is 30.3 Å². The molecule has 2 N–H and O–H groups in total. The lowest BCUT2D eigenvalue weighted by Gasteiger charge is -2.19. The fourth-order valence-electron chi connectivity index (χ4n) is 1.78. The van der Waals surface area contributed by atoms with Crippen LogP contribution in [0.1, 0.15) is 12.0 Å². The van der Waals surface area contributed by atoms with Crippen molar-refractivity contribution in [1.29, 1.82) is 0 Å². The number of alkyl carbamates (subject to hydrolysis) is 1. The molecule has 1 atom stereocenters. The van der Waals surface area contributed by atoms with E-state index in [2.05, 4.69) is 5.32 Å². The third kappa shape index (κ3) is 2.82. The molecule has 0 spiro atoms. The third-order valence-corrected chi connectivity index (χ3v) is 2.84. The lowest BCUT2D eigenvalue weighted by Crippen LogP contribution is -2.55. The first-order valence-corrected chi connectivity index (χ1v) is 5.85. The molecule has 1 aliphatic rings. The summed E-state index contributed by atoms with van der Waals surface area (Å²) in [7, 11) is 0. The molecule has 0 bridgehead atoms. The Kier molecular flexibility index (Phi) is 3.79. The number of benzene rings is 1. The van der Waals surface area contributed by atoms with Crippen molar-refractivity contribution < 1.29 is 23.9 Å². The maximum atomic E-state index is 11.6. The van der Waals surface area contributed by atoms with Crippen LogP contribution in [0.4, 0.5) is 4.79 Å². The highest BCUT2D eigenvalue weighted by atomic mass is 16.5. The fraction of sp³-hybridized carbons (Fsp3) is 0.231. The van der Waals surface area contributed by atoms with Crippen LogP contribution >= 0.6 is 0 Å². The Bertz CT molecular complexity index is 557. The van der Waals surface area contributed by atoms with Gasteiger partial charge in [0.25, 0.3) is 5.91 Å². The minimum absolute atomic E-state index is 0.00280. The number of amides is 3. The molecule has 1 aromatic rings. The van der Waals surface area contributed by atoms with Gasteiger partial charge in [-0.25, -0.2) is 4.79 Å². The molecule has 0 radical (unpaired) electrons. The van der Waals surface area contributed by atoms with Crippen molar-refractivity contribution in [1.82, 2.24) is 10.6 Å². The Balaban J connectivity index is 1.95. The number of imide groups is 1. The molecule has 1 saturated heterocycles. The van der Waals surface area contributed by atoms with Crippen LogP contribution in [0, 0.1) is 0 Å². The van der Waals surface area contributed by atoms with Crippen molar-refractivity contribution in [3.63, 3.8) is 0 Å². The summed E-state index contributed by atoms with van der Waals surface area (Å²) in [5.41, 5.74) is -1.11. The summed E-state index contributed by atoms with van der Waals surface area (Å²) < 4.78 is 4.90. The smallest absolute Gasteiger partial charge is 0.408 e. The van der Waals surface area contributed by atoms with Crippen LogP contribution in [0.15, 0.2) is 30.3 Å². The first-order chi connectivity index (χ1) is 9.55. The molecular formula is C13H12N2O5. The predicted molar refractivity (Wildman–Crippen MR) is 66.3 cm³/mol. The van der Waals surface area contributed by atoms with Gasteiger partial charge in [0.05, 0.1) is 6.42 Å². The number of ether oxygens (including phenoxy) is 1. The van der Waals surface area contributed by atoms with Gasteiger partial charge in [0.1, 0.15) is 6.61 Å². The molecule has 20 heavy (non-hydrogen) atoms. The second kappa shape index (κ2) is 5.52. The van der Waals surface area contributed by atoms with Gasteiger partial charge in [-0.3, -0.25) is 14.9 Å². The van der Waals surface area contributed by atoms with Gasteiger partial charge in [-0.15, -0.1) is 0 Å². The summed E-state index contributed by atoms with van der Waals surface area (Å²) in [6.45, 7) is -0.00280. The van der Waals surface area contributed by atoms with Crippen molar-refractivity contribution in [2.24, 2.45) is 0 Å². The highest BCUT2D eigenvalue weighted by molar-refractivity contribution is 6.17. The lowest BCUT2D eigenvalue weighted by molar-refractivity contribution is -0.129. The number of rotatable bonds is 4. The zero-order valence-electron chi connectivity index (χ0n) is 10.4. The van der Waals surface area contributed by atoms with Gasteiger partial charge in [-0.2, -0.15) is 0 Å². The topological polar surface area (TPSA) is 102 Å². The van der Waals surface area contributed by atoms with E-state index in [0.717, 1.165) is 5.56 Å². The second-order valence-electron chi connectivity index (χ2n) is 4.33.